The first-order valence-electron chi connectivity index (χ1n) is 6.00. The van der Waals surface area contributed by atoms with E-state index < -0.39 is 10.0 Å². The van der Waals surface area contributed by atoms with E-state index in [9.17, 15) is 8.42 Å². The molecule has 1 aromatic heterocycles. The summed E-state index contributed by atoms with van der Waals surface area (Å²) in [4.78, 5) is 0. The Bertz CT molecular complexity index is 679. The second kappa shape index (κ2) is 6.19. The maximum absolute atomic E-state index is 11.1. The molecule has 4 N–H and O–H groups in total. The maximum atomic E-state index is 11.1. The first-order chi connectivity index (χ1) is 9.49. The van der Waals surface area contributed by atoms with E-state index in [0.717, 1.165) is 11.1 Å². The second-order valence-corrected chi connectivity index (χ2v) is 5.84. The van der Waals surface area contributed by atoms with E-state index in [4.69, 9.17) is 14.7 Å². The van der Waals surface area contributed by atoms with Gasteiger partial charge >= 0.3 is 0 Å². The van der Waals surface area contributed by atoms with Gasteiger partial charge in [-0.1, -0.05) is 24.3 Å². The highest BCUT2D eigenvalue weighted by Gasteiger charge is 2.12. The van der Waals surface area contributed by atoms with Gasteiger partial charge in [-0.3, -0.25) is 0 Å². The number of nitrogens with one attached hydrogen (secondary N) is 1. The molecule has 0 aliphatic heterocycles. The Morgan fingerprint density at radius 3 is 2.55 bits per heavy atom. The van der Waals surface area contributed by atoms with E-state index >= 15 is 0 Å². The van der Waals surface area contributed by atoms with Crippen molar-refractivity contribution in [1.82, 2.24) is 5.32 Å². The molecule has 7 heteroatoms. The van der Waals surface area contributed by atoms with Gasteiger partial charge in [-0.25, -0.2) is 13.6 Å². The van der Waals surface area contributed by atoms with Crippen LogP contribution < -0.4 is 10.5 Å². The van der Waals surface area contributed by atoms with Crippen LogP contribution in [0, 0.1) is 0 Å². The van der Waals surface area contributed by atoms with Crippen molar-refractivity contribution in [3.05, 3.63) is 53.3 Å². The third-order valence-electron chi connectivity index (χ3n) is 2.72. The summed E-state index contributed by atoms with van der Waals surface area (Å²) < 4.78 is 27.2. The van der Waals surface area contributed by atoms with E-state index in [1.165, 1.54) is 6.07 Å². The van der Waals surface area contributed by atoms with Crippen LogP contribution in [-0.2, 0) is 29.7 Å². The van der Waals surface area contributed by atoms with Gasteiger partial charge in [-0.15, -0.1) is 0 Å². The van der Waals surface area contributed by atoms with Crippen molar-refractivity contribution in [3.63, 3.8) is 0 Å². The van der Waals surface area contributed by atoms with Crippen LogP contribution in [-0.4, -0.2) is 13.5 Å². The van der Waals surface area contributed by atoms with E-state index in [0.29, 0.717) is 18.8 Å². The number of furan rings is 1. The predicted molar refractivity (Wildman–Crippen MR) is 73.0 cm³/mol. The first-order valence-corrected chi connectivity index (χ1v) is 7.54. The van der Waals surface area contributed by atoms with Crippen LogP contribution in [0.2, 0.25) is 0 Å². The number of hydrogen-bond donors (Lipinski definition) is 3. The third-order valence-corrected chi connectivity index (χ3v) is 3.50. The van der Waals surface area contributed by atoms with Crippen LogP contribution in [0.15, 0.2) is 45.9 Å². The Hall–Kier alpha value is -1.67. The molecule has 0 atom stereocenters. The summed E-state index contributed by atoms with van der Waals surface area (Å²) in [6.45, 7) is 0.974. The molecule has 1 heterocycles. The minimum atomic E-state index is -3.79. The van der Waals surface area contributed by atoms with E-state index in [-0.39, 0.29) is 11.7 Å². The number of rotatable bonds is 6. The molecule has 1 aromatic carbocycles. The number of benzene rings is 1. The molecule has 0 aliphatic rings. The molecule has 2 rings (SSSR count). The summed E-state index contributed by atoms with van der Waals surface area (Å²) in [7, 11) is -3.79. The van der Waals surface area contributed by atoms with Crippen LogP contribution in [0.5, 0.6) is 0 Å². The van der Waals surface area contributed by atoms with E-state index in [2.05, 4.69) is 5.32 Å². The average molecular weight is 296 g/mol. The number of nitrogens with two attached hydrogens (primary N) is 1. The van der Waals surface area contributed by atoms with Gasteiger partial charge in [-0.2, -0.15) is 0 Å². The molecule has 6 nitrogen and oxygen atoms in total. The molecule has 20 heavy (non-hydrogen) atoms. The lowest BCUT2D eigenvalue weighted by molar-refractivity contribution is 0.281. The van der Waals surface area contributed by atoms with Gasteiger partial charge in [0, 0.05) is 6.54 Å². The van der Waals surface area contributed by atoms with Crippen LogP contribution in [0.4, 0.5) is 0 Å². The minimum absolute atomic E-state index is 0.00371. The Labute approximate surface area is 117 Å². The van der Waals surface area contributed by atoms with E-state index in [1.807, 2.05) is 24.3 Å². The Morgan fingerprint density at radius 1 is 1.15 bits per heavy atom. The lowest BCUT2D eigenvalue weighted by Gasteiger charge is -2.04. The molecule has 0 unspecified atom stereocenters. The monoisotopic (exact) mass is 296 g/mol. The molecule has 0 bridgehead atoms. The van der Waals surface area contributed by atoms with E-state index in [1.54, 1.807) is 6.07 Å². The van der Waals surface area contributed by atoms with Crippen molar-refractivity contribution in [2.75, 3.05) is 0 Å². The summed E-state index contributed by atoms with van der Waals surface area (Å²) in [6.07, 6.45) is 0. The van der Waals surface area contributed by atoms with Crippen molar-refractivity contribution in [2.45, 2.75) is 24.8 Å². The predicted octanol–water partition coefficient (Wildman–Crippen LogP) is 0.709. The summed E-state index contributed by atoms with van der Waals surface area (Å²) in [6, 6.07) is 10.4. The fraction of sp³-hybridized carbons (Fsp3) is 0.231. The first kappa shape index (κ1) is 14.7. The number of aliphatic hydroxyl groups excluding tert-OH is 1. The van der Waals surface area contributed by atoms with Crippen molar-refractivity contribution in [3.8, 4) is 0 Å². The Kier molecular flexibility index (Phi) is 4.56. The summed E-state index contributed by atoms with van der Waals surface area (Å²) in [5.74, 6) is 0.493. The lowest BCUT2D eigenvalue weighted by atomic mass is 10.1. The molecule has 2 aromatic rings. The molecule has 0 aliphatic carbocycles. The van der Waals surface area contributed by atoms with Gasteiger partial charge in [0.25, 0.3) is 10.0 Å². The fourth-order valence-corrected chi connectivity index (χ4v) is 2.26. The van der Waals surface area contributed by atoms with Gasteiger partial charge in [-0.05, 0) is 23.3 Å². The van der Waals surface area contributed by atoms with Gasteiger partial charge in [0.15, 0.2) is 0 Å². The SMILES string of the molecule is NS(=O)(=O)c1ccc(CNCc2cccc(CO)c2)o1. The van der Waals surface area contributed by atoms with Crippen molar-refractivity contribution >= 4 is 10.0 Å². The van der Waals surface area contributed by atoms with Gasteiger partial charge < -0.3 is 14.8 Å². The summed E-state index contributed by atoms with van der Waals surface area (Å²) >= 11 is 0. The molecule has 0 saturated carbocycles. The molecule has 0 radical (unpaired) electrons. The molecule has 0 spiro atoms. The van der Waals surface area contributed by atoms with Crippen LogP contribution in [0.3, 0.4) is 0 Å². The van der Waals surface area contributed by atoms with Gasteiger partial charge in [0.1, 0.15) is 5.76 Å². The Morgan fingerprint density at radius 2 is 1.90 bits per heavy atom. The normalized spacial score (nSPS) is 11.7. The lowest BCUT2D eigenvalue weighted by Crippen LogP contribution is -2.13. The van der Waals surface area contributed by atoms with Crippen LogP contribution in [0.1, 0.15) is 16.9 Å². The molecule has 0 fully saturated rings. The maximum Gasteiger partial charge on any atom is 0.271 e. The molecule has 108 valence electrons. The van der Waals surface area contributed by atoms with Gasteiger partial charge in [0.05, 0.1) is 13.2 Å². The molecular weight excluding hydrogens is 280 g/mol. The number of primary sulfonamides is 1. The quantitative estimate of drug-likeness (QED) is 0.728. The molecule has 0 saturated heterocycles. The largest absolute Gasteiger partial charge is 0.447 e. The standard InChI is InChI=1S/C13H16N2O4S/c14-20(17,18)13-5-4-12(19-13)8-15-7-10-2-1-3-11(6-10)9-16/h1-6,15-16H,7-9H2,(H2,14,17,18). The summed E-state index contributed by atoms with van der Waals surface area (Å²) in [5, 5.41) is 16.9. The smallest absolute Gasteiger partial charge is 0.271 e. The van der Waals surface area contributed by atoms with Crippen LogP contribution >= 0.6 is 0 Å². The number of hydrogen-bond acceptors (Lipinski definition) is 5. The fourth-order valence-electron chi connectivity index (χ4n) is 1.77. The highest BCUT2D eigenvalue weighted by molar-refractivity contribution is 7.89. The Balaban J connectivity index is 1.91. The van der Waals surface area contributed by atoms with Crippen molar-refractivity contribution in [1.29, 1.82) is 0 Å². The summed E-state index contributed by atoms with van der Waals surface area (Å²) in [5.41, 5.74) is 1.87. The second-order valence-electron chi connectivity index (χ2n) is 4.35. The average Bonchev–Trinajstić information content (AvgIpc) is 2.88. The topological polar surface area (TPSA) is 106 Å². The zero-order chi connectivity index (χ0) is 14.6. The van der Waals surface area contributed by atoms with Crippen LogP contribution in [0.25, 0.3) is 0 Å². The molecule has 0 amide bonds. The zero-order valence-electron chi connectivity index (χ0n) is 10.7. The number of aliphatic hydroxyl groups is 1. The van der Waals surface area contributed by atoms with Crippen molar-refractivity contribution in [2.24, 2.45) is 5.14 Å². The molecular formula is C13H16N2O4S. The number of sulfonamides is 1. The third kappa shape index (κ3) is 3.91. The zero-order valence-corrected chi connectivity index (χ0v) is 11.6. The minimum Gasteiger partial charge on any atom is -0.447 e. The van der Waals surface area contributed by atoms with Crippen molar-refractivity contribution < 1.29 is 17.9 Å². The highest BCUT2D eigenvalue weighted by Crippen LogP contribution is 2.12. The highest BCUT2D eigenvalue weighted by atomic mass is 32.2. The van der Waals surface area contributed by atoms with Gasteiger partial charge in [0.2, 0.25) is 5.09 Å².